The van der Waals surface area contributed by atoms with Gasteiger partial charge in [-0.3, -0.25) is 9.78 Å². The van der Waals surface area contributed by atoms with E-state index in [0.29, 0.717) is 5.69 Å². The predicted octanol–water partition coefficient (Wildman–Crippen LogP) is 1.25. The number of carbonyl (C=O) groups excluding carboxylic acids is 1. The second-order valence-corrected chi connectivity index (χ2v) is 3.04. The van der Waals surface area contributed by atoms with E-state index in [2.05, 4.69) is 4.98 Å². The fourth-order valence-electron chi connectivity index (χ4n) is 1.01. The van der Waals surface area contributed by atoms with Gasteiger partial charge in [-0.2, -0.15) is 13.2 Å². The first kappa shape index (κ1) is 15.7. The maximum atomic E-state index is 11.8. The second-order valence-electron chi connectivity index (χ2n) is 3.04. The van der Waals surface area contributed by atoms with Crippen molar-refractivity contribution in [3.63, 3.8) is 0 Å². The second kappa shape index (κ2) is 6.41. The summed E-state index contributed by atoms with van der Waals surface area (Å²) in [4.78, 5) is 15.1. The van der Waals surface area contributed by atoms with Crippen molar-refractivity contribution in [3.05, 3.63) is 29.6 Å². The molecule has 0 bridgehead atoms. The lowest BCUT2D eigenvalue weighted by Gasteiger charge is -2.08. The van der Waals surface area contributed by atoms with Gasteiger partial charge >= 0.3 is 6.18 Å². The lowest BCUT2D eigenvalue weighted by molar-refractivity contribution is -0.123. The van der Waals surface area contributed by atoms with Gasteiger partial charge in [-0.1, -0.05) is 0 Å². The van der Waals surface area contributed by atoms with Crippen LogP contribution in [0.25, 0.3) is 0 Å². The molecular formula is C9H11ClF3N3O. The molecule has 17 heavy (non-hydrogen) atoms. The lowest BCUT2D eigenvalue weighted by atomic mass is 10.2. The van der Waals surface area contributed by atoms with Gasteiger partial charge in [-0.05, 0) is 12.1 Å². The highest BCUT2D eigenvalue weighted by molar-refractivity contribution is 5.94. The molecule has 0 aliphatic carbocycles. The summed E-state index contributed by atoms with van der Waals surface area (Å²) in [5.74, 6) is -0.797. The Morgan fingerprint density at radius 1 is 1.47 bits per heavy atom. The summed E-state index contributed by atoms with van der Waals surface area (Å²) in [6, 6.07) is 2.68. The van der Waals surface area contributed by atoms with Crippen LogP contribution in [0.5, 0.6) is 0 Å². The first-order valence-electron chi connectivity index (χ1n) is 4.42. The minimum absolute atomic E-state index is 0. The number of rotatable bonds is 3. The number of alkyl halides is 3. The number of halogens is 4. The molecule has 0 saturated heterocycles. The summed E-state index contributed by atoms with van der Waals surface area (Å²) in [6.45, 7) is -1.23. The van der Waals surface area contributed by atoms with Crippen LogP contribution in [0.15, 0.2) is 18.3 Å². The van der Waals surface area contributed by atoms with Crippen LogP contribution >= 0.6 is 12.4 Å². The minimum Gasteiger partial charge on any atom is -0.343 e. The molecule has 3 N–H and O–H groups in total. The quantitative estimate of drug-likeness (QED) is 0.868. The van der Waals surface area contributed by atoms with Crippen molar-refractivity contribution >= 4 is 18.3 Å². The molecule has 0 unspecified atom stereocenters. The van der Waals surface area contributed by atoms with Gasteiger partial charge in [0.05, 0.1) is 5.69 Å². The molecule has 1 aromatic heterocycles. The Balaban J connectivity index is 0.00000256. The van der Waals surface area contributed by atoms with Gasteiger partial charge in [-0.25, -0.2) is 0 Å². The molecule has 0 aliphatic heterocycles. The summed E-state index contributed by atoms with van der Waals surface area (Å²) >= 11 is 0. The molecule has 0 saturated carbocycles. The topological polar surface area (TPSA) is 68.0 Å². The number of amides is 1. The number of pyridine rings is 1. The molecule has 1 aromatic rings. The summed E-state index contributed by atoms with van der Waals surface area (Å²) < 4.78 is 35.5. The summed E-state index contributed by atoms with van der Waals surface area (Å²) in [7, 11) is 0. The highest BCUT2D eigenvalue weighted by Crippen LogP contribution is 2.12. The highest BCUT2D eigenvalue weighted by atomic mass is 35.5. The van der Waals surface area contributed by atoms with Crippen LogP contribution in [0.3, 0.4) is 0 Å². The van der Waals surface area contributed by atoms with Crippen molar-refractivity contribution in [2.75, 3.05) is 6.54 Å². The zero-order valence-corrected chi connectivity index (χ0v) is 9.44. The van der Waals surface area contributed by atoms with Crippen LogP contribution in [0.1, 0.15) is 16.1 Å². The minimum atomic E-state index is -4.42. The summed E-state index contributed by atoms with van der Waals surface area (Å²) in [5, 5.41) is 1.76. The SMILES string of the molecule is Cl.NCc1cc(C(=O)NCC(F)(F)F)ccn1. The number of hydrogen-bond acceptors (Lipinski definition) is 3. The van der Waals surface area contributed by atoms with Crippen molar-refractivity contribution in [1.29, 1.82) is 0 Å². The largest absolute Gasteiger partial charge is 0.405 e. The fraction of sp³-hybridized carbons (Fsp3) is 0.333. The van der Waals surface area contributed by atoms with E-state index in [0.717, 1.165) is 0 Å². The molecular weight excluding hydrogens is 259 g/mol. The van der Waals surface area contributed by atoms with Crippen LogP contribution in [0, 0.1) is 0 Å². The van der Waals surface area contributed by atoms with Crippen LogP contribution < -0.4 is 11.1 Å². The monoisotopic (exact) mass is 269 g/mol. The van der Waals surface area contributed by atoms with Crippen LogP contribution in [-0.4, -0.2) is 23.6 Å². The summed E-state index contributed by atoms with van der Waals surface area (Å²) in [5.41, 5.74) is 5.84. The predicted molar refractivity (Wildman–Crippen MR) is 57.8 cm³/mol. The molecule has 0 aliphatic rings. The van der Waals surface area contributed by atoms with Crippen LogP contribution in [0.2, 0.25) is 0 Å². The van der Waals surface area contributed by atoms with Gasteiger partial charge in [0.2, 0.25) is 0 Å². The highest BCUT2D eigenvalue weighted by Gasteiger charge is 2.27. The van der Waals surface area contributed by atoms with Crippen molar-refractivity contribution in [2.45, 2.75) is 12.7 Å². The maximum absolute atomic E-state index is 11.8. The maximum Gasteiger partial charge on any atom is 0.405 e. The molecule has 4 nitrogen and oxygen atoms in total. The number of nitrogens with zero attached hydrogens (tertiary/aromatic N) is 1. The number of nitrogens with two attached hydrogens (primary N) is 1. The Hall–Kier alpha value is -1.34. The van der Waals surface area contributed by atoms with Crippen molar-refractivity contribution in [2.24, 2.45) is 5.73 Å². The third-order valence-electron chi connectivity index (χ3n) is 1.74. The van der Waals surface area contributed by atoms with Crippen LogP contribution in [0.4, 0.5) is 13.2 Å². The smallest absolute Gasteiger partial charge is 0.343 e. The molecule has 0 spiro atoms. The van der Waals surface area contributed by atoms with E-state index < -0.39 is 18.6 Å². The molecule has 0 fully saturated rings. The van der Waals surface area contributed by atoms with E-state index in [-0.39, 0.29) is 24.5 Å². The van der Waals surface area contributed by atoms with E-state index >= 15 is 0 Å². The van der Waals surface area contributed by atoms with E-state index in [9.17, 15) is 18.0 Å². The third kappa shape index (κ3) is 5.50. The number of carbonyl (C=O) groups is 1. The molecule has 0 radical (unpaired) electrons. The van der Waals surface area contributed by atoms with Gasteiger partial charge in [0, 0.05) is 18.3 Å². The molecule has 8 heteroatoms. The zero-order chi connectivity index (χ0) is 12.2. The summed E-state index contributed by atoms with van der Waals surface area (Å²) in [6.07, 6.45) is -3.09. The molecule has 96 valence electrons. The molecule has 0 aromatic carbocycles. The first-order valence-corrected chi connectivity index (χ1v) is 4.42. The van der Waals surface area contributed by atoms with E-state index in [1.165, 1.54) is 18.3 Å². The molecule has 1 rings (SSSR count). The van der Waals surface area contributed by atoms with Gasteiger partial charge in [0.25, 0.3) is 5.91 Å². The number of aromatic nitrogens is 1. The van der Waals surface area contributed by atoms with Gasteiger partial charge in [0.15, 0.2) is 0 Å². The van der Waals surface area contributed by atoms with Crippen molar-refractivity contribution in [1.82, 2.24) is 10.3 Å². The van der Waals surface area contributed by atoms with E-state index in [1.807, 2.05) is 0 Å². The Labute approximate surface area is 102 Å². The Morgan fingerprint density at radius 3 is 2.65 bits per heavy atom. The first-order chi connectivity index (χ1) is 7.42. The third-order valence-corrected chi connectivity index (χ3v) is 1.74. The standard InChI is InChI=1S/C9H10F3N3O.ClH/c10-9(11,12)5-15-8(16)6-1-2-14-7(3-6)4-13;/h1-3H,4-5,13H2,(H,15,16);1H. The van der Waals surface area contributed by atoms with E-state index in [1.54, 1.807) is 5.32 Å². The van der Waals surface area contributed by atoms with Gasteiger partial charge in [-0.15, -0.1) is 12.4 Å². The average molecular weight is 270 g/mol. The van der Waals surface area contributed by atoms with Crippen molar-refractivity contribution in [3.8, 4) is 0 Å². The Bertz CT molecular complexity index is 384. The molecule has 0 atom stereocenters. The van der Waals surface area contributed by atoms with Crippen LogP contribution in [-0.2, 0) is 6.54 Å². The normalized spacial score (nSPS) is 10.6. The average Bonchev–Trinajstić information content (AvgIpc) is 2.25. The Kier molecular flexibility index (Phi) is 5.90. The number of hydrogen-bond donors (Lipinski definition) is 2. The van der Waals surface area contributed by atoms with Crippen molar-refractivity contribution < 1.29 is 18.0 Å². The van der Waals surface area contributed by atoms with Gasteiger partial charge < -0.3 is 11.1 Å². The van der Waals surface area contributed by atoms with Gasteiger partial charge in [0.1, 0.15) is 6.54 Å². The molecule has 1 amide bonds. The number of nitrogens with one attached hydrogen (secondary N) is 1. The lowest BCUT2D eigenvalue weighted by Crippen LogP contribution is -2.33. The Morgan fingerprint density at radius 2 is 2.12 bits per heavy atom. The molecule has 1 heterocycles. The fourth-order valence-corrected chi connectivity index (χ4v) is 1.01. The van der Waals surface area contributed by atoms with E-state index in [4.69, 9.17) is 5.73 Å². The zero-order valence-electron chi connectivity index (χ0n) is 8.62.